The molecule has 0 bridgehead atoms. The number of hydrogen-bond donors (Lipinski definition) is 1. The van der Waals surface area contributed by atoms with Crippen LogP contribution in [0.15, 0.2) is 42.5 Å². The van der Waals surface area contributed by atoms with Crippen molar-refractivity contribution in [3.05, 3.63) is 70.2 Å². The van der Waals surface area contributed by atoms with Crippen molar-refractivity contribution < 1.29 is 13.9 Å². The van der Waals surface area contributed by atoms with Gasteiger partial charge in [-0.25, -0.2) is 8.78 Å². The van der Waals surface area contributed by atoms with E-state index in [0.717, 1.165) is 11.6 Å². The summed E-state index contributed by atoms with van der Waals surface area (Å²) in [6.07, 6.45) is -0.917. The highest BCUT2D eigenvalue weighted by molar-refractivity contribution is 6.30. The highest BCUT2D eigenvalue weighted by Crippen LogP contribution is 2.23. The fourth-order valence-electron chi connectivity index (χ4n) is 1.77. The van der Waals surface area contributed by atoms with Gasteiger partial charge in [-0.1, -0.05) is 35.9 Å². The van der Waals surface area contributed by atoms with Crippen molar-refractivity contribution in [1.29, 1.82) is 0 Å². The number of aliphatic hydroxyl groups is 1. The quantitative estimate of drug-likeness (QED) is 0.895. The molecule has 0 aliphatic carbocycles. The molecular weight excluding hydrogens is 258 g/mol. The molecule has 4 heteroatoms. The molecule has 0 fully saturated rings. The van der Waals surface area contributed by atoms with Crippen molar-refractivity contribution in [2.24, 2.45) is 0 Å². The van der Waals surface area contributed by atoms with Crippen LogP contribution in [0.5, 0.6) is 0 Å². The maximum Gasteiger partial charge on any atom is 0.164 e. The summed E-state index contributed by atoms with van der Waals surface area (Å²) < 4.78 is 26.5. The van der Waals surface area contributed by atoms with Gasteiger partial charge in [-0.3, -0.25) is 0 Å². The van der Waals surface area contributed by atoms with Gasteiger partial charge in [-0.2, -0.15) is 0 Å². The predicted octanol–water partition coefficient (Wildman–Crippen LogP) is 3.89. The largest absolute Gasteiger partial charge is 0.388 e. The summed E-state index contributed by atoms with van der Waals surface area (Å²) in [4.78, 5) is 0. The van der Waals surface area contributed by atoms with E-state index in [4.69, 9.17) is 11.6 Å². The summed E-state index contributed by atoms with van der Waals surface area (Å²) in [5.41, 5.74) is 0.716. The Morgan fingerprint density at radius 2 is 1.83 bits per heavy atom. The van der Waals surface area contributed by atoms with Gasteiger partial charge in [0.1, 0.15) is 0 Å². The number of benzene rings is 2. The Morgan fingerprint density at radius 1 is 1.11 bits per heavy atom. The van der Waals surface area contributed by atoms with Gasteiger partial charge >= 0.3 is 0 Å². The molecule has 1 N–H and O–H groups in total. The molecule has 0 radical (unpaired) electrons. The van der Waals surface area contributed by atoms with E-state index in [1.807, 2.05) is 0 Å². The van der Waals surface area contributed by atoms with E-state index in [1.165, 1.54) is 12.1 Å². The normalized spacial score (nSPS) is 12.4. The number of halogens is 3. The Bertz CT molecular complexity index is 557. The molecule has 0 aliphatic heterocycles. The first-order chi connectivity index (χ1) is 8.58. The molecule has 0 saturated heterocycles. The average molecular weight is 269 g/mol. The van der Waals surface area contributed by atoms with E-state index in [1.54, 1.807) is 24.3 Å². The minimum Gasteiger partial charge on any atom is -0.388 e. The summed E-state index contributed by atoms with van der Waals surface area (Å²) in [5.74, 6) is -1.97. The molecule has 0 spiro atoms. The minimum atomic E-state index is -1.10. The first-order valence-electron chi connectivity index (χ1n) is 5.44. The van der Waals surface area contributed by atoms with Crippen LogP contribution in [0.25, 0.3) is 0 Å². The Morgan fingerprint density at radius 3 is 2.56 bits per heavy atom. The van der Waals surface area contributed by atoms with E-state index in [2.05, 4.69) is 0 Å². The van der Waals surface area contributed by atoms with E-state index in [9.17, 15) is 13.9 Å². The SMILES string of the molecule is OC(Cc1cccc(Cl)c1)c1cccc(F)c1F. The number of aliphatic hydroxyl groups excluding tert-OH is 1. The van der Waals surface area contributed by atoms with Gasteiger partial charge in [0.2, 0.25) is 0 Å². The number of hydrogen-bond acceptors (Lipinski definition) is 1. The molecular formula is C14H11ClF2O. The first kappa shape index (κ1) is 13.0. The molecule has 0 amide bonds. The van der Waals surface area contributed by atoms with Crippen LogP contribution in [0.3, 0.4) is 0 Å². The van der Waals surface area contributed by atoms with Crippen molar-refractivity contribution in [2.45, 2.75) is 12.5 Å². The van der Waals surface area contributed by atoms with Crippen LogP contribution in [-0.2, 0) is 6.42 Å². The predicted molar refractivity (Wildman–Crippen MR) is 66.5 cm³/mol. The van der Waals surface area contributed by atoms with E-state index in [0.29, 0.717) is 5.02 Å². The van der Waals surface area contributed by atoms with Crippen LogP contribution >= 0.6 is 11.6 Å². The molecule has 2 rings (SSSR count). The third-order valence-corrected chi connectivity index (χ3v) is 2.89. The second-order valence-corrected chi connectivity index (χ2v) is 4.43. The third-order valence-electron chi connectivity index (χ3n) is 2.66. The lowest BCUT2D eigenvalue weighted by Gasteiger charge is -2.12. The Labute approximate surface area is 109 Å². The monoisotopic (exact) mass is 268 g/mol. The molecule has 0 aliphatic rings. The molecule has 1 unspecified atom stereocenters. The maximum absolute atomic E-state index is 13.5. The van der Waals surface area contributed by atoms with Crippen LogP contribution in [-0.4, -0.2) is 5.11 Å². The van der Waals surface area contributed by atoms with Crippen LogP contribution in [0, 0.1) is 11.6 Å². The van der Waals surface area contributed by atoms with Gasteiger partial charge in [0.05, 0.1) is 6.10 Å². The summed E-state index contributed by atoms with van der Waals surface area (Å²) in [5, 5.41) is 10.5. The van der Waals surface area contributed by atoms with Gasteiger partial charge in [0.15, 0.2) is 11.6 Å². The maximum atomic E-state index is 13.5. The van der Waals surface area contributed by atoms with Crippen molar-refractivity contribution in [3.8, 4) is 0 Å². The van der Waals surface area contributed by atoms with Gasteiger partial charge in [-0.05, 0) is 23.8 Å². The first-order valence-corrected chi connectivity index (χ1v) is 5.82. The van der Waals surface area contributed by atoms with E-state index < -0.39 is 17.7 Å². The topological polar surface area (TPSA) is 20.2 Å². The Balaban J connectivity index is 2.22. The Kier molecular flexibility index (Phi) is 3.94. The minimum absolute atomic E-state index is 0.0463. The zero-order chi connectivity index (χ0) is 13.1. The van der Waals surface area contributed by atoms with E-state index in [-0.39, 0.29) is 12.0 Å². The fourth-order valence-corrected chi connectivity index (χ4v) is 1.99. The fraction of sp³-hybridized carbons (Fsp3) is 0.143. The summed E-state index contributed by atoms with van der Waals surface area (Å²) in [6.45, 7) is 0. The second-order valence-electron chi connectivity index (χ2n) is 3.99. The van der Waals surface area contributed by atoms with Crippen LogP contribution in [0.4, 0.5) is 8.78 Å². The highest BCUT2D eigenvalue weighted by atomic mass is 35.5. The smallest absolute Gasteiger partial charge is 0.164 e. The average Bonchev–Trinajstić information content (AvgIpc) is 2.32. The van der Waals surface area contributed by atoms with Gasteiger partial charge < -0.3 is 5.11 Å². The zero-order valence-electron chi connectivity index (χ0n) is 9.41. The van der Waals surface area contributed by atoms with Crippen molar-refractivity contribution >= 4 is 11.6 Å². The third kappa shape index (κ3) is 2.86. The molecule has 1 atom stereocenters. The molecule has 1 nitrogen and oxygen atoms in total. The molecule has 0 saturated carbocycles. The lowest BCUT2D eigenvalue weighted by molar-refractivity contribution is 0.172. The molecule has 2 aromatic rings. The molecule has 0 heterocycles. The highest BCUT2D eigenvalue weighted by Gasteiger charge is 2.16. The van der Waals surface area contributed by atoms with E-state index >= 15 is 0 Å². The lowest BCUT2D eigenvalue weighted by atomic mass is 10.0. The molecule has 2 aromatic carbocycles. The second kappa shape index (κ2) is 5.46. The van der Waals surface area contributed by atoms with Gasteiger partial charge in [0, 0.05) is 17.0 Å². The molecule has 18 heavy (non-hydrogen) atoms. The lowest BCUT2D eigenvalue weighted by Crippen LogP contribution is -2.05. The summed E-state index contributed by atoms with van der Waals surface area (Å²) in [6, 6.07) is 10.7. The summed E-state index contributed by atoms with van der Waals surface area (Å²) in [7, 11) is 0. The Hall–Kier alpha value is -1.45. The van der Waals surface area contributed by atoms with Crippen LogP contribution in [0.2, 0.25) is 5.02 Å². The van der Waals surface area contributed by atoms with Crippen molar-refractivity contribution in [1.82, 2.24) is 0 Å². The number of rotatable bonds is 3. The van der Waals surface area contributed by atoms with Crippen molar-refractivity contribution in [3.63, 3.8) is 0 Å². The van der Waals surface area contributed by atoms with Crippen molar-refractivity contribution in [2.75, 3.05) is 0 Å². The van der Waals surface area contributed by atoms with Crippen LogP contribution < -0.4 is 0 Å². The standard InChI is InChI=1S/C14H11ClF2O/c15-10-4-1-3-9(7-10)8-13(18)11-5-2-6-12(16)14(11)17/h1-7,13,18H,8H2. The van der Waals surface area contributed by atoms with Gasteiger partial charge in [0.25, 0.3) is 0 Å². The zero-order valence-corrected chi connectivity index (χ0v) is 10.2. The van der Waals surface area contributed by atoms with Crippen LogP contribution in [0.1, 0.15) is 17.2 Å². The molecule has 94 valence electrons. The summed E-state index contributed by atoms with van der Waals surface area (Å²) >= 11 is 5.82. The molecule has 0 aromatic heterocycles. The van der Waals surface area contributed by atoms with Gasteiger partial charge in [-0.15, -0.1) is 0 Å².